The molecule has 0 aromatic carbocycles. The fraction of sp³-hybridized carbons (Fsp3) is 0.750. The maximum atomic E-state index is 12.6. The summed E-state index contributed by atoms with van der Waals surface area (Å²) in [6.45, 7) is 3.45. The zero-order chi connectivity index (χ0) is 14.6. The van der Waals surface area contributed by atoms with Crippen LogP contribution in [0.1, 0.15) is 25.3 Å². The van der Waals surface area contributed by atoms with Crippen LogP contribution in [-0.4, -0.2) is 55.8 Å². The monoisotopic (exact) mass is 302 g/mol. The number of sulfonamides is 1. The van der Waals surface area contributed by atoms with Gasteiger partial charge in [-0.15, -0.1) is 0 Å². The normalized spacial score (nSPS) is 15.9. The SMILES string of the molecule is CCN(CCOC)S(=O)(=O)c1[nH]ncc1CNC1CC1. The molecule has 2 rings (SSSR count). The Morgan fingerprint density at radius 1 is 1.55 bits per heavy atom. The second kappa shape index (κ2) is 6.66. The average molecular weight is 302 g/mol. The minimum absolute atomic E-state index is 0.184. The third kappa shape index (κ3) is 3.57. The first-order chi connectivity index (χ1) is 9.59. The molecule has 1 aromatic rings. The van der Waals surface area contributed by atoms with E-state index in [2.05, 4.69) is 15.5 Å². The molecule has 8 heteroatoms. The summed E-state index contributed by atoms with van der Waals surface area (Å²) in [7, 11) is -1.99. The van der Waals surface area contributed by atoms with Gasteiger partial charge in [-0.2, -0.15) is 9.40 Å². The van der Waals surface area contributed by atoms with Crippen LogP contribution in [0, 0.1) is 0 Å². The van der Waals surface area contributed by atoms with Crippen LogP contribution in [0.5, 0.6) is 0 Å². The molecule has 1 fully saturated rings. The van der Waals surface area contributed by atoms with Gasteiger partial charge in [-0.3, -0.25) is 5.10 Å². The summed E-state index contributed by atoms with van der Waals surface area (Å²) in [4.78, 5) is 0. The van der Waals surface area contributed by atoms with Gasteiger partial charge in [0.25, 0.3) is 10.0 Å². The van der Waals surface area contributed by atoms with Crippen molar-refractivity contribution in [2.75, 3.05) is 26.8 Å². The highest BCUT2D eigenvalue weighted by atomic mass is 32.2. The van der Waals surface area contributed by atoms with Gasteiger partial charge < -0.3 is 10.1 Å². The van der Waals surface area contributed by atoms with Gasteiger partial charge in [0.05, 0.1) is 12.8 Å². The van der Waals surface area contributed by atoms with E-state index in [1.165, 1.54) is 4.31 Å². The number of aromatic nitrogens is 2. The van der Waals surface area contributed by atoms with Gasteiger partial charge in [-0.1, -0.05) is 6.92 Å². The maximum absolute atomic E-state index is 12.6. The summed E-state index contributed by atoms with van der Waals surface area (Å²) in [6.07, 6.45) is 3.90. The van der Waals surface area contributed by atoms with Crippen molar-refractivity contribution in [3.63, 3.8) is 0 Å². The number of ether oxygens (including phenoxy) is 1. The number of rotatable bonds is 9. The van der Waals surface area contributed by atoms with Crippen LogP contribution in [0.25, 0.3) is 0 Å². The lowest BCUT2D eigenvalue weighted by molar-refractivity contribution is 0.180. The molecule has 0 bridgehead atoms. The Labute approximate surface area is 119 Å². The van der Waals surface area contributed by atoms with Crippen LogP contribution >= 0.6 is 0 Å². The van der Waals surface area contributed by atoms with Crippen LogP contribution in [0.2, 0.25) is 0 Å². The van der Waals surface area contributed by atoms with E-state index in [1.54, 1.807) is 13.3 Å². The van der Waals surface area contributed by atoms with E-state index in [4.69, 9.17) is 4.74 Å². The van der Waals surface area contributed by atoms with E-state index < -0.39 is 10.0 Å². The zero-order valence-corrected chi connectivity index (χ0v) is 12.7. The van der Waals surface area contributed by atoms with Gasteiger partial charge in [-0.25, -0.2) is 8.42 Å². The maximum Gasteiger partial charge on any atom is 0.260 e. The lowest BCUT2D eigenvalue weighted by Crippen LogP contribution is -2.34. The molecule has 0 unspecified atom stereocenters. The molecule has 0 amide bonds. The molecular weight excluding hydrogens is 280 g/mol. The van der Waals surface area contributed by atoms with Gasteiger partial charge >= 0.3 is 0 Å². The number of likely N-dealkylation sites (N-methyl/N-ethyl adjacent to an activating group) is 1. The molecule has 1 saturated carbocycles. The fourth-order valence-electron chi connectivity index (χ4n) is 1.96. The van der Waals surface area contributed by atoms with Crippen molar-refractivity contribution in [2.24, 2.45) is 0 Å². The first kappa shape index (κ1) is 15.4. The van der Waals surface area contributed by atoms with Gasteiger partial charge in [0.1, 0.15) is 0 Å². The first-order valence-corrected chi connectivity index (χ1v) is 8.28. The van der Waals surface area contributed by atoms with Crippen molar-refractivity contribution >= 4 is 10.0 Å². The smallest absolute Gasteiger partial charge is 0.260 e. The van der Waals surface area contributed by atoms with E-state index in [0.29, 0.717) is 37.8 Å². The minimum Gasteiger partial charge on any atom is -0.383 e. The largest absolute Gasteiger partial charge is 0.383 e. The molecule has 0 atom stereocenters. The quantitative estimate of drug-likeness (QED) is 0.686. The Hall–Kier alpha value is -0.960. The number of nitrogens with one attached hydrogen (secondary N) is 2. The Kier molecular flexibility index (Phi) is 5.14. The lowest BCUT2D eigenvalue weighted by atomic mass is 10.3. The second-order valence-corrected chi connectivity index (χ2v) is 6.74. The van der Waals surface area contributed by atoms with Crippen molar-refractivity contribution in [3.05, 3.63) is 11.8 Å². The van der Waals surface area contributed by atoms with Crippen molar-refractivity contribution < 1.29 is 13.2 Å². The predicted molar refractivity (Wildman–Crippen MR) is 74.8 cm³/mol. The third-order valence-electron chi connectivity index (χ3n) is 3.33. The van der Waals surface area contributed by atoms with E-state index in [1.807, 2.05) is 6.92 Å². The zero-order valence-electron chi connectivity index (χ0n) is 11.9. The first-order valence-electron chi connectivity index (χ1n) is 6.84. The number of methoxy groups -OCH3 is 1. The van der Waals surface area contributed by atoms with Crippen molar-refractivity contribution in [2.45, 2.75) is 37.4 Å². The molecule has 0 aliphatic heterocycles. The van der Waals surface area contributed by atoms with Crippen molar-refractivity contribution in [3.8, 4) is 0 Å². The van der Waals surface area contributed by atoms with Crippen LogP contribution in [0.15, 0.2) is 11.2 Å². The summed E-state index contributed by atoms with van der Waals surface area (Å²) in [5.41, 5.74) is 0.688. The Balaban J connectivity index is 2.12. The summed E-state index contributed by atoms with van der Waals surface area (Å²) >= 11 is 0. The molecular formula is C12H22N4O3S. The summed E-state index contributed by atoms with van der Waals surface area (Å²) in [5, 5.41) is 9.99. The van der Waals surface area contributed by atoms with Gasteiger partial charge in [0.2, 0.25) is 0 Å². The summed E-state index contributed by atoms with van der Waals surface area (Å²) in [5.74, 6) is 0. The second-order valence-electron chi connectivity index (χ2n) is 4.87. The van der Waals surface area contributed by atoms with Crippen molar-refractivity contribution in [1.29, 1.82) is 0 Å². The van der Waals surface area contributed by atoms with Crippen LogP contribution in [0.3, 0.4) is 0 Å². The highest BCUT2D eigenvalue weighted by Gasteiger charge is 2.28. The third-order valence-corrected chi connectivity index (χ3v) is 5.32. The molecule has 7 nitrogen and oxygen atoms in total. The number of hydrogen-bond donors (Lipinski definition) is 2. The molecule has 2 N–H and O–H groups in total. The fourth-order valence-corrected chi connectivity index (χ4v) is 3.50. The summed E-state index contributed by atoms with van der Waals surface area (Å²) < 4.78 is 31.5. The standard InChI is InChI=1S/C12H22N4O3S/c1-3-16(6-7-19-2)20(17,18)12-10(9-14-15-12)8-13-11-4-5-11/h9,11,13H,3-8H2,1-2H3,(H,14,15). The number of H-pyrrole nitrogens is 1. The van der Waals surface area contributed by atoms with Gasteiger partial charge in [0.15, 0.2) is 5.03 Å². The van der Waals surface area contributed by atoms with Crippen LogP contribution < -0.4 is 5.32 Å². The molecule has 1 aliphatic rings. The predicted octanol–water partition coefficient (Wildman–Crippen LogP) is 0.319. The molecule has 20 heavy (non-hydrogen) atoms. The Morgan fingerprint density at radius 3 is 2.90 bits per heavy atom. The highest BCUT2D eigenvalue weighted by Crippen LogP contribution is 2.21. The molecule has 0 spiro atoms. The van der Waals surface area contributed by atoms with Crippen LogP contribution in [0.4, 0.5) is 0 Å². The minimum atomic E-state index is -3.54. The molecule has 0 radical (unpaired) electrons. The van der Waals surface area contributed by atoms with E-state index >= 15 is 0 Å². The Morgan fingerprint density at radius 2 is 2.30 bits per heavy atom. The van der Waals surface area contributed by atoms with Crippen LogP contribution in [-0.2, 0) is 21.3 Å². The van der Waals surface area contributed by atoms with E-state index in [0.717, 1.165) is 12.8 Å². The van der Waals surface area contributed by atoms with E-state index in [-0.39, 0.29) is 5.03 Å². The number of hydrogen-bond acceptors (Lipinski definition) is 5. The molecule has 1 heterocycles. The molecule has 1 aliphatic carbocycles. The molecule has 1 aromatic heterocycles. The molecule has 0 saturated heterocycles. The molecule has 114 valence electrons. The topological polar surface area (TPSA) is 87.3 Å². The number of nitrogens with zero attached hydrogens (tertiary/aromatic N) is 2. The van der Waals surface area contributed by atoms with Crippen molar-refractivity contribution in [1.82, 2.24) is 19.8 Å². The van der Waals surface area contributed by atoms with Gasteiger partial charge in [0, 0.05) is 38.3 Å². The number of aromatic amines is 1. The Bertz CT molecular complexity index is 525. The van der Waals surface area contributed by atoms with E-state index in [9.17, 15) is 8.42 Å². The average Bonchev–Trinajstić information content (AvgIpc) is 3.13. The lowest BCUT2D eigenvalue weighted by Gasteiger charge is -2.19. The summed E-state index contributed by atoms with van der Waals surface area (Å²) in [6, 6.07) is 0.524. The highest BCUT2D eigenvalue weighted by molar-refractivity contribution is 7.89. The van der Waals surface area contributed by atoms with Gasteiger partial charge in [-0.05, 0) is 12.8 Å².